The second kappa shape index (κ2) is 7.27. The molecule has 0 aliphatic carbocycles. The Morgan fingerprint density at radius 2 is 1.94 bits per heavy atom. The van der Waals surface area contributed by atoms with Gasteiger partial charge in [0, 0.05) is 11.9 Å². The van der Waals surface area contributed by atoms with Crippen molar-refractivity contribution in [2.45, 2.75) is 64.8 Å². The Balaban J connectivity index is 2.72. The van der Waals surface area contributed by atoms with Gasteiger partial charge in [-0.2, -0.15) is 5.10 Å². The van der Waals surface area contributed by atoms with E-state index in [1.807, 2.05) is 4.68 Å². The van der Waals surface area contributed by atoms with E-state index in [-0.39, 0.29) is 5.38 Å². The molecule has 0 aliphatic heterocycles. The van der Waals surface area contributed by atoms with Gasteiger partial charge in [-0.3, -0.25) is 4.68 Å². The largest absolute Gasteiger partial charge is 0.268 e. The first-order valence-electron chi connectivity index (χ1n) is 6.52. The Labute approximate surface area is 114 Å². The molecule has 0 fully saturated rings. The summed E-state index contributed by atoms with van der Waals surface area (Å²) >= 11 is 12.6. The summed E-state index contributed by atoms with van der Waals surface area (Å²) in [5, 5.41) is 5.61. The maximum atomic E-state index is 6.34. The fourth-order valence-electron chi connectivity index (χ4n) is 2.01. The molecule has 1 aromatic rings. The van der Waals surface area contributed by atoms with Gasteiger partial charge in [-0.1, -0.05) is 31.9 Å². The molecule has 0 aliphatic rings. The van der Waals surface area contributed by atoms with Crippen LogP contribution in [0.1, 0.15) is 51.4 Å². The van der Waals surface area contributed by atoms with Crippen LogP contribution in [0.25, 0.3) is 0 Å². The van der Waals surface area contributed by atoms with Gasteiger partial charge in [-0.15, -0.1) is 11.6 Å². The summed E-state index contributed by atoms with van der Waals surface area (Å²) in [6.45, 7) is 7.21. The second-order valence-electron chi connectivity index (χ2n) is 4.30. The monoisotopic (exact) mass is 276 g/mol. The predicted molar refractivity (Wildman–Crippen MR) is 75.2 cm³/mol. The van der Waals surface area contributed by atoms with E-state index in [1.165, 1.54) is 0 Å². The summed E-state index contributed by atoms with van der Waals surface area (Å²) in [4.78, 5) is 0. The summed E-state index contributed by atoms with van der Waals surface area (Å²) in [5.41, 5.74) is 2.15. The molecular weight excluding hydrogens is 255 g/mol. The van der Waals surface area contributed by atoms with Crippen molar-refractivity contribution in [1.29, 1.82) is 0 Å². The molecule has 0 amide bonds. The van der Waals surface area contributed by atoms with Crippen LogP contribution in [0.15, 0.2) is 0 Å². The number of hydrogen-bond donors (Lipinski definition) is 0. The van der Waals surface area contributed by atoms with E-state index in [4.69, 9.17) is 23.2 Å². The van der Waals surface area contributed by atoms with Crippen molar-refractivity contribution in [2.75, 3.05) is 0 Å². The molecule has 98 valence electrons. The molecule has 0 saturated heterocycles. The molecule has 0 bridgehead atoms. The minimum absolute atomic E-state index is 0.251. The highest BCUT2D eigenvalue weighted by Gasteiger charge is 2.15. The van der Waals surface area contributed by atoms with E-state index in [0.717, 1.165) is 55.1 Å². The average molecular weight is 277 g/mol. The summed E-state index contributed by atoms with van der Waals surface area (Å²) < 4.78 is 2.01. The van der Waals surface area contributed by atoms with Crippen LogP contribution in [0.4, 0.5) is 0 Å². The Hall–Kier alpha value is -0.210. The lowest BCUT2D eigenvalue weighted by molar-refractivity contribution is 0.589. The molecule has 1 heterocycles. The first-order valence-corrected chi connectivity index (χ1v) is 7.33. The maximum absolute atomic E-state index is 6.34. The van der Waals surface area contributed by atoms with Crippen LogP contribution in [0.2, 0.25) is 5.02 Å². The van der Waals surface area contributed by atoms with E-state index in [0.29, 0.717) is 0 Å². The molecule has 0 saturated carbocycles. The molecule has 0 N–H and O–H groups in total. The third-order valence-corrected chi connectivity index (χ3v) is 3.86. The van der Waals surface area contributed by atoms with Gasteiger partial charge in [-0.25, -0.2) is 0 Å². The Morgan fingerprint density at radius 1 is 1.24 bits per heavy atom. The quantitative estimate of drug-likeness (QED) is 0.673. The molecule has 4 heteroatoms. The first kappa shape index (κ1) is 14.8. The summed E-state index contributed by atoms with van der Waals surface area (Å²) in [5.74, 6) is 0. The van der Waals surface area contributed by atoms with Gasteiger partial charge in [0.05, 0.1) is 16.4 Å². The van der Waals surface area contributed by atoms with E-state index in [9.17, 15) is 0 Å². The lowest BCUT2D eigenvalue weighted by Gasteiger charge is -2.09. The highest BCUT2D eigenvalue weighted by atomic mass is 35.5. The number of halogens is 2. The third-order valence-electron chi connectivity index (χ3n) is 2.99. The van der Waals surface area contributed by atoms with Crippen molar-refractivity contribution in [3.8, 4) is 0 Å². The minimum atomic E-state index is 0.251. The number of rotatable bonds is 7. The molecule has 1 aromatic heterocycles. The van der Waals surface area contributed by atoms with Gasteiger partial charge in [0.25, 0.3) is 0 Å². The van der Waals surface area contributed by atoms with E-state index >= 15 is 0 Å². The standard InChI is InChI=1S/C13H22Cl2N2/c1-4-7-10(14)8-9-12-13(15)11(5-2)16-17(12)6-3/h10H,4-9H2,1-3H3. The SMILES string of the molecule is CCCC(Cl)CCc1c(Cl)c(CC)nn1CC. The molecule has 1 unspecified atom stereocenters. The maximum Gasteiger partial charge on any atom is 0.0849 e. The summed E-state index contributed by atoms with van der Waals surface area (Å²) in [6.07, 6.45) is 4.99. The Morgan fingerprint density at radius 3 is 2.47 bits per heavy atom. The normalized spacial score (nSPS) is 13.0. The fraction of sp³-hybridized carbons (Fsp3) is 0.769. The van der Waals surface area contributed by atoms with Crippen LogP contribution < -0.4 is 0 Å². The van der Waals surface area contributed by atoms with Crippen molar-refractivity contribution in [1.82, 2.24) is 9.78 Å². The molecule has 1 atom stereocenters. The summed E-state index contributed by atoms with van der Waals surface area (Å²) in [6, 6.07) is 0. The highest BCUT2D eigenvalue weighted by Crippen LogP contribution is 2.24. The summed E-state index contributed by atoms with van der Waals surface area (Å²) in [7, 11) is 0. The van der Waals surface area contributed by atoms with Gasteiger partial charge >= 0.3 is 0 Å². The molecule has 0 aromatic carbocycles. The number of hydrogen-bond acceptors (Lipinski definition) is 1. The molecule has 2 nitrogen and oxygen atoms in total. The Kier molecular flexibility index (Phi) is 6.35. The van der Waals surface area contributed by atoms with E-state index in [2.05, 4.69) is 25.9 Å². The first-order chi connectivity index (χ1) is 8.13. The van der Waals surface area contributed by atoms with Crippen molar-refractivity contribution in [2.24, 2.45) is 0 Å². The molecule has 1 rings (SSSR count). The third kappa shape index (κ3) is 3.89. The van der Waals surface area contributed by atoms with Crippen LogP contribution in [0.5, 0.6) is 0 Å². The van der Waals surface area contributed by atoms with Crippen LogP contribution in [0.3, 0.4) is 0 Å². The van der Waals surface area contributed by atoms with Gasteiger partial charge in [0.15, 0.2) is 0 Å². The van der Waals surface area contributed by atoms with Crippen molar-refractivity contribution in [3.05, 3.63) is 16.4 Å². The number of alkyl halides is 1. The zero-order chi connectivity index (χ0) is 12.8. The van der Waals surface area contributed by atoms with Gasteiger partial charge < -0.3 is 0 Å². The highest BCUT2D eigenvalue weighted by molar-refractivity contribution is 6.31. The van der Waals surface area contributed by atoms with Gasteiger partial charge in [0.1, 0.15) is 0 Å². The number of aryl methyl sites for hydroxylation is 2. The van der Waals surface area contributed by atoms with Crippen LogP contribution in [-0.4, -0.2) is 15.2 Å². The predicted octanol–water partition coefficient (Wildman–Crippen LogP) is 4.46. The van der Waals surface area contributed by atoms with Gasteiger partial charge in [0.2, 0.25) is 0 Å². The van der Waals surface area contributed by atoms with Crippen LogP contribution >= 0.6 is 23.2 Å². The number of aromatic nitrogens is 2. The smallest absolute Gasteiger partial charge is 0.0849 e. The van der Waals surface area contributed by atoms with Crippen molar-refractivity contribution >= 4 is 23.2 Å². The zero-order valence-corrected chi connectivity index (χ0v) is 12.5. The molecule has 0 radical (unpaired) electrons. The second-order valence-corrected chi connectivity index (χ2v) is 5.30. The number of nitrogens with zero attached hydrogens (tertiary/aromatic N) is 2. The van der Waals surface area contributed by atoms with Gasteiger partial charge in [-0.05, 0) is 32.6 Å². The topological polar surface area (TPSA) is 17.8 Å². The van der Waals surface area contributed by atoms with Crippen LogP contribution in [0, 0.1) is 0 Å². The van der Waals surface area contributed by atoms with Crippen molar-refractivity contribution < 1.29 is 0 Å². The van der Waals surface area contributed by atoms with E-state index < -0.39 is 0 Å². The minimum Gasteiger partial charge on any atom is -0.268 e. The Bertz CT molecular complexity index is 347. The van der Waals surface area contributed by atoms with Crippen molar-refractivity contribution in [3.63, 3.8) is 0 Å². The zero-order valence-electron chi connectivity index (χ0n) is 11.0. The molecule has 0 spiro atoms. The van der Waals surface area contributed by atoms with E-state index in [1.54, 1.807) is 0 Å². The molecule has 17 heavy (non-hydrogen) atoms. The van der Waals surface area contributed by atoms with Crippen LogP contribution in [-0.2, 0) is 19.4 Å². The average Bonchev–Trinajstić information content (AvgIpc) is 2.63. The fourth-order valence-corrected chi connectivity index (χ4v) is 2.70. The lowest BCUT2D eigenvalue weighted by atomic mass is 10.1. The molecular formula is C13H22Cl2N2. The lowest BCUT2D eigenvalue weighted by Crippen LogP contribution is -2.06.